The molecule has 0 heterocycles. The van der Waals surface area contributed by atoms with Crippen LogP contribution < -0.4 is 4.74 Å². The Balaban J connectivity index is 1.99. The van der Waals surface area contributed by atoms with Crippen LogP contribution in [0.3, 0.4) is 0 Å². The first-order chi connectivity index (χ1) is 11.7. The van der Waals surface area contributed by atoms with Gasteiger partial charge < -0.3 is 4.74 Å². The third-order valence-corrected chi connectivity index (χ3v) is 3.89. The Hall–Kier alpha value is -2.98. The van der Waals surface area contributed by atoms with E-state index >= 15 is 0 Å². The largest absolute Gasteiger partial charge is 0.497 e. The average molecular weight is 312 g/mol. The fraction of sp³-hybridized carbons (Fsp3) is 0.130. The van der Waals surface area contributed by atoms with Crippen molar-refractivity contribution in [2.75, 3.05) is 7.11 Å². The Morgan fingerprint density at radius 1 is 0.750 bits per heavy atom. The molecule has 0 saturated heterocycles. The van der Waals surface area contributed by atoms with E-state index in [1.54, 1.807) is 7.11 Å². The predicted molar refractivity (Wildman–Crippen MR) is 100 cm³/mol. The van der Waals surface area contributed by atoms with Crippen LogP contribution in [0.25, 0.3) is 11.1 Å². The lowest BCUT2D eigenvalue weighted by atomic mass is 9.96. The van der Waals surface area contributed by atoms with Crippen molar-refractivity contribution in [1.82, 2.24) is 0 Å². The molecule has 3 rings (SSSR count). The van der Waals surface area contributed by atoms with Crippen LogP contribution in [0.1, 0.15) is 22.3 Å². The van der Waals surface area contributed by atoms with Gasteiger partial charge in [-0.05, 0) is 55.3 Å². The molecule has 0 atom stereocenters. The van der Waals surface area contributed by atoms with Crippen LogP contribution in [-0.2, 0) is 0 Å². The summed E-state index contributed by atoms with van der Waals surface area (Å²) in [6, 6.07) is 22.7. The number of aryl methyl sites for hydroxylation is 2. The molecule has 0 aromatic heterocycles. The number of ether oxygens (including phenoxy) is 1. The van der Waals surface area contributed by atoms with E-state index in [4.69, 9.17) is 4.74 Å². The first-order valence-electron chi connectivity index (χ1n) is 7.99. The van der Waals surface area contributed by atoms with Crippen LogP contribution >= 0.6 is 0 Å². The van der Waals surface area contributed by atoms with Crippen molar-refractivity contribution in [1.29, 1.82) is 0 Å². The molecule has 0 N–H and O–H groups in total. The molecule has 0 aliphatic carbocycles. The summed E-state index contributed by atoms with van der Waals surface area (Å²) in [5, 5.41) is 0. The number of hydrogen-bond acceptors (Lipinski definition) is 1. The Kier molecular flexibility index (Phi) is 4.68. The highest BCUT2D eigenvalue weighted by atomic mass is 16.5. The van der Waals surface area contributed by atoms with E-state index in [1.165, 1.54) is 22.3 Å². The quantitative estimate of drug-likeness (QED) is 0.577. The SMILES string of the molecule is COc1ccc(C#Cc2ccccc2-c2cc(C)cc(C)c2)cc1. The van der Waals surface area contributed by atoms with Gasteiger partial charge in [-0.1, -0.05) is 59.4 Å². The van der Waals surface area contributed by atoms with Crippen LogP contribution in [0.2, 0.25) is 0 Å². The van der Waals surface area contributed by atoms with Crippen molar-refractivity contribution in [2.45, 2.75) is 13.8 Å². The van der Waals surface area contributed by atoms with Gasteiger partial charge in [-0.3, -0.25) is 0 Å². The maximum atomic E-state index is 5.18. The molecule has 0 radical (unpaired) electrons. The lowest BCUT2D eigenvalue weighted by Crippen LogP contribution is -1.87. The Morgan fingerprint density at radius 2 is 1.42 bits per heavy atom. The van der Waals surface area contributed by atoms with Crippen LogP contribution in [0.4, 0.5) is 0 Å². The van der Waals surface area contributed by atoms with Crippen LogP contribution in [-0.4, -0.2) is 7.11 Å². The van der Waals surface area contributed by atoms with E-state index < -0.39 is 0 Å². The van der Waals surface area contributed by atoms with Crippen molar-refractivity contribution in [3.63, 3.8) is 0 Å². The summed E-state index contributed by atoms with van der Waals surface area (Å²) in [5.41, 5.74) is 6.94. The van der Waals surface area contributed by atoms with Gasteiger partial charge in [-0.15, -0.1) is 0 Å². The van der Waals surface area contributed by atoms with E-state index in [9.17, 15) is 0 Å². The fourth-order valence-corrected chi connectivity index (χ4v) is 2.79. The van der Waals surface area contributed by atoms with Gasteiger partial charge in [-0.2, -0.15) is 0 Å². The van der Waals surface area contributed by atoms with Gasteiger partial charge in [-0.25, -0.2) is 0 Å². The number of hydrogen-bond donors (Lipinski definition) is 0. The first kappa shape index (κ1) is 15.9. The zero-order valence-electron chi connectivity index (χ0n) is 14.3. The van der Waals surface area contributed by atoms with E-state index in [0.29, 0.717) is 0 Å². The minimum absolute atomic E-state index is 0.844. The van der Waals surface area contributed by atoms with E-state index in [-0.39, 0.29) is 0 Å². The van der Waals surface area contributed by atoms with Crippen molar-refractivity contribution in [3.8, 4) is 28.7 Å². The summed E-state index contributed by atoms with van der Waals surface area (Å²) in [6.07, 6.45) is 0. The second kappa shape index (κ2) is 7.06. The zero-order chi connectivity index (χ0) is 16.9. The maximum Gasteiger partial charge on any atom is 0.118 e. The molecule has 0 fully saturated rings. The summed E-state index contributed by atoms with van der Waals surface area (Å²) >= 11 is 0. The van der Waals surface area contributed by atoms with Gasteiger partial charge in [0.05, 0.1) is 7.11 Å². The third-order valence-electron chi connectivity index (χ3n) is 3.89. The molecule has 118 valence electrons. The molecule has 0 aliphatic heterocycles. The number of rotatable bonds is 2. The highest BCUT2D eigenvalue weighted by Gasteiger charge is 2.04. The third kappa shape index (κ3) is 3.67. The van der Waals surface area contributed by atoms with Crippen molar-refractivity contribution in [2.24, 2.45) is 0 Å². The van der Waals surface area contributed by atoms with Gasteiger partial charge in [0.25, 0.3) is 0 Å². The lowest BCUT2D eigenvalue weighted by Gasteiger charge is -2.07. The molecule has 3 aromatic rings. The lowest BCUT2D eigenvalue weighted by molar-refractivity contribution is 0.415. The molecule has 0 amide bonds. The fourth-order valence-electron chi connectivity index (χ4n) is 2.79. The van der Waals surface area contributed by atoms with Gasteiger partial charge >= 0.3 is 0 Å². The van der Waals surface area contributed by atoms with Crippen molar-refractivity contribution >= 4 is 0 Å². The minimum Gasteiger partial charge on any atom is -0.497 e. The molecule has 0 bridgehead atoms. The molecular formula is C23H20O. The van der Waals surface area contributed by atoms with Crippen LogP contribution in [0.15, 0.2) is 66.7 Å². The molecule has 3 aromatic carbocycles. The summed E-state index contributed by atoms with van der Waals surface area (Å²) in [6.45, 7) is 4.25. The molecule has 0 spiro atoms. The Labute approximate surface area is 143 Å². The van der Waals surface area contributed by atoms with Gasteiger partial charge in [0.1, 0.15) is 5.75 Å². The normalized spacial score (nSPS) is 9.96. The van der Waals surface area contributed by atoms with Crippen molar-refractivity contribution < 1.29 is 4.74 Å². The number of benzene rings is 3. The average Bonchev–Trinajstić information content (AvgIpc) is 2.60. The van der Waals surface area contributed by atoms with Crippen LogP contribution in [0, 0.1) is 25.7 Å². The van der Waals surface area contributed by atoms with E-state index in [2.05, 4.69) is 62.1 Å². The summed E-state index contributed by atoms with van der Waals surface area (Å²) in [7, 11) is 1.67. The highest BCUT2D eigenvalue weighted by Crippen LogP contribution is 2.25. The standard InChI is InChI=1S/C23H20O/c1-17-14-18(2)16-21(15-17)23-7-5-4-6-20(23)11-8-19-9-12-22(24-3)13-10-19/h4-7,9-10,12-16H,1-3H3. The Morgan fingerprint density at radius 3 is 2.08 bits per heavy atom. The molecule has 0 saturated carbocycles. The minimum atomic E-state index is 0.844. The zero-order valence-corrected chi connectivity index (χ0v) is 14.3. The smallest absolute Gasteiger partial charge is 0.118 e. The first-order valence-corrected chi connectivity index (χ1v) is 7.99. The van der Waals surface area contributed by atoms with Gasteiger partial charge in [0.15, 0.2) is 0 Å². The van der Waals surface area contributed by atoms with E-state index in [0.717, 1.165) is 16.9 Å². The van der Waals surface area contributed by atoms with Gasteiger partial charge in [0, 0.05) is 11.1 Å². The van der Waals surface area contributed by atoms with E-state index in [1.807, 2.05) is 30.3 Å². The monoisotopic (exact) mass is 312 g/mol. The second-order valence-corrected chi connectivity index (χ2v) is 5.90. The summed E-state index contributed by atoms with van der Waals surface area (Å²) in [5.74, 6) is 7.40. The summed E-state index contributed by atoms with van der Waals surface area (Å²) in [4.78, 5) is 0. The molecule has 0 aliphatic rings. The van der Waals surface area contributed by atoms with Gasteiger partial charge in [0.2, 0.25) is 0 Å². The second-order valence-electron chi connectivity index (χ2n) is 5.90. The molecule has 1 nitrogen and oxygen atoms in total. The van der Waals surface area contributed by atoms with Crippen molar-refractivity contribution in [3.05, 3.63) is 89.0 Å². The van der Waals surface area contributed by atoms with Crippen LogP contribution in [0.5, 0.6) is 5.75 Å². The summed E-state index contributed by atoms with van der Waals surface area (Å²) < 4.78 is 5.18. The molecule has 0 unspecified atom stereocenters. The maximum absolute atomic E-state index is 5.18. The topological polar surface area (TPSA) is 9.23 Å². The molecular weight excluding hydrogens is 292 g/mol. The number of methoxy groups -OCH3 is 1. The highest BCUT2D eigenvalue weighted by molar-refractivity contribution is 5.72. The molecule has 1 heteroatoms. The Bertz CT molecular complexity index is 889. The predicted octanol–water partition coefficient (Wildman–Crippen LogP) is 5.38. The molecule has 24 heavy (non-hydrogen) atoms.